The first kappa shape index (κ1) is 59.4. The molecule has 3 unspecified atom stereocenters. The molecule has 0 spiro atoms. The van der Waals surface area contributed by atoms with Crippen molar-refractivity contribution < 1.29 is 47.5 Å². The number of esters is 2. The summed E-state index contributed by atoms with van der Waals surface area (Å²) in [4.78, 5) is 46.1. The molecule has 3 atom stereocenters. The molecule has 0 radical (unpaired) electrons. The monoisotopic (exact) mass is 896 g/mol. The molecule has 11 nitrogen and oxygen atoms in total. The van der Waals surface area contributed by atoms with Gasteiger partial charge in [0.05, 0.1) is 13.2 Å². The van der Waals surface area contributed by atoms with E-state index < -0.39 is 51.1 Å². The Labute approximate surface area is 377 Å². The van der Waals surface area contributed by atoms with Crippen molar-refractivity contribution in [1.29, 1.82) is 0 Å². The van der Waals surface area contributed by atoms with Crippen LogP contribution in [0, 0.1) is 0 Å². The van der Waals surface area contributed by atoms with Crippen LogP contribution in [0.25, 0.3) is 0 Å². The highest BCUT2D eigenvalue weighted by Crippen LogP contribution is 2.43. The molecule has 12 heteroatoms. The number of carbonyl (C=O) groups is 3. The molecule has 0 aliphatic carbocycles. The van der Waals surface area contributed by atoms with Crippen molar-refractivity contribution in [3.63, 3.8) is 0 Å². The van der Waals surface area contributed by atoms with Gasteiger partial charge in [0.2, 0.25) is 0 Å². The summed E-state index contributed by atoms with van der Waals surface area (Å²) < 4.78 is 32.8. The van der Waals surface area contributed by atoms with E-state index in [1.54, 1.807) is 0 Å². The van der Waals surface area contributed by atoms with E-state index in [4.69, 9.17) is 24.8 Å². The maximum Gasteiger partial charge on any atom is 0.472 e. The second-order valence-corrected chi connectivity index (χ2v) is 18.0. The Morgan fingerprint density at radius 2 is 0.903 bits per heavy atom. The van der Waals surface area contributed by atoms with Gasteiger partial charge in [0.25, 0.3) is 0 Å². The summed E-state index contributed by atoms with van der Waals surface area (Å²) >= 11 is 0. The number of hydrogen-bond acceptors (Lipinski definition) is 9. The van der Waals surface area contributed by atoms with Gasteiger partial charge in [0.1, 0.15) is 12.6 Å². The van der Waals surface area contributed by atoms with Crippen molar-refractivity contribution in [2.24, 2.45) is 5.73 Å². The molecular weight excluding hydrogens is 806 g/mol. The zero-order chi connectivity index (χ0) is 45.6. The average molecular weight is 896 g/mol. The minimum atomic E-state index is -4.73. The SMILES string of the molecule is CC/C=C\C/C=C\C/C=C\CCCCCCCC(=O)OC(COC(=O)CCCCCCCCCCCCC/C=C\CCCCCCCCCC)COP(=O)(O)OCC(N)C(=O)O. The van der Waals surface area contributed by atoms with E-state index in [1.165, 1.54) is 109 Å². The molecule has 360 valence electrons. The van der Waals surface area contributed by atoms with Gasteiger partial charge < -0.3 is 25.2 Å². The average Bonchev–Trinajstić information content (AvgIpc) is 3.25. The molecule has 0 aromatic heterocycles. The molecule has 4 N–H and O–H groups in total. The van der Waals surface area contributed by atoms with Gasteiger partial charge in [-0.05, 0) is 70.6 Å². The predicted octanol–water partition coefficient (Wildman–Crippen LogP) is 13.7. The van der Waals surface area contributed by atoms with Gasteiger partial charge in [0, 0.05) is 12.8 Å². The van der Waals surface area contributed by atoms with E-state index in [9.17, 15) is 23.8 Å². The summed E-state index contributed by atoms with van der Waals surface area (Å²) in [5.41, 5.74) is 5.34. The molecular formula is C50H90NO10P. The first-order valence-electron chi connectivity index (χ1n) is 24.7. The first-order chi connectivity index (χ1) is 30.1. The third-order valence-electron chi connectivity index (χ3n) is 10.6. The van der Waals surface area contributed by atoms with Crippen LogP contribution in [0.4, 0.5) is 0 Å². The Kier molecular flexibility index (Phi) is 43.2. The Hall–Kier alpha value is -2.56. The number of allylic oxidation sites excluding steroid dienone is 8. The van der Waals surface area contributed by atoms with E-state index in [2.05, 4.69) is 67.0 Å². The smallest absolute Gasteiger partial charge is 0.472 e. The third-order valence-corrected chi connectivity index (χ3v) is 11.5. The number of carbonyl (C=O) groups excluding carboxylic acids is 2. The quantitative estimate of drug-likeness (QED) is 0.0230. The summed E-state index contributed by atoms with van der Waals surface area (Å²) in [5.74, 6) is -2.40. The van der Waals surface area contributed by atoms with E-state index in [1.807, 2.05) is 0 Å². The van der Waals surface area contributed by atoms with Crippen molar-refractivity contribution in [3.8, 4) is 0 Å². The first-order valence-corrected chi connectivity index (χ1v) is 26.2. The third kappa shape index (κ3) is 44.1. The zero-order valence-electron chi connectivity index (χ0n) is 39.2. The van der Waals surface area contributed by atoms with Crippen LogP contribution >= 0.6 is 7.82 Å². The highest BCUT2D eigenvalue weighted by molar-refractivity contribution is 7.47. The molecule has 0 bridgehead atoms. The van der Waals surface area contributed by atoms with Crippen LogP contribution in [0.1, 0.15) is 219 Å². The number of aliphatic carboxylic acids is 1. The van der Waals surface area contributed by atoms with Gasteiger partial charge in [-0.3, -0.25) is 23.4 Å². The minimum Gasteiger partial charge on any atom is -0.480 e. The lowest BCUT2D eigenvalue weighted by atomic mass is 10.0. The minimum absolute atomic E-state index is 0.141. The van der Waals surface area contributed by atoms with Crippen LogP contribution in [-0.4, -0.2) is 59.9 Å². The molecule has 0 saturated carbocycles. The maximum absolute atomic E-state index is 12.6. The summed E-state index contributed by atoms with van der Waals surface area (Å²) in [6, 6.07) is -1.53. The standard InChI is InChI=1S/C50H90NO10P/c1-3-5-7-9-11-13-15-17-19-20-21-22-23-24-25-26-28-29-31-33-35-37-39-41-48(52)58-43-46(44-59-62(56,57)60-45-47(51)50(54)55)61-49(53)42-40-38-36-34-32-30-27-18-16-14-12-10-8-6-4-2/h6,8,12,14,18,20-21,27,46-47H,3-5,7,9-11,13,15-17,19,22-26,28-45,51H2,1-2H3,(H,54,55)(H,56,57)/b8-6-,14-12-,21-20-,27-18-. The fourth-order valence-corrected chi connectivity index (χ4v) is 7.50. The van der Waals surface area contributed by atoms with Crippen molar-refractivity contribution in [3.05, 3.63) is 48.6 Å². The number of unbranched alkanes of at least 4 members (excludes halogenated alkanes) is 24. The molecule has 0 heterocycles. The topological polar surface area (TPSA) is 172 Å². The lowest BCUT2D eigenvalue weighted by Gasteiger charge is -2.20. The maximum atomic E-state index is 12.6. The number of ether oxygens (including phenoxy) is 2. The molecule has 0 aromatic rings. The van der Waals surface area contributed by atoms with E-state index in [-0.39, 0.29) is 19.4 Å². The molecule has 0 amide bonds. The number of phosphoric ester groups is 1. The molecule has 0 rings (SSSR count). The summed E-state index contributed by atoms with van der Waals surface area (Å²) in [6.07, 6.45) is 51.8. The lowest BCUT2D eigenvalue weighted by Crippen LogP contribution is -2.34. The van der Waals surface area contributed by atoms with Gasteiger partial charge in [-0.15, -0.1) is 0 Å². The highest BCUT2D eigenvalue weighted by Gasteiger charge is 2.28. The molecule has 0 saturated heterocycles. The lowest BCUT2D eigenvalue weighted by molar-refractivity contribution is -0.161. The fraction of sp³-hybridized carbons (Fsp3) is 0.780. The molecule has 0 aliphatic rings. The van der Waals surface area contributed by atoms with Crippen LogP contribution in [0.15, 0.2) is 48.6 Å². The normalized spacial score (nSPS) is 14.0. The second kappa shape index (κ2) is 45.0. The molecule has 0 aromatic carbocycles. The fourth-order valence-electron chi connectivity index (χ4n) is 6.72. The Morgan fingerprint density at radius 3 is 1.37 bits per heavy atom. The van der Waals surface area contributed by atoms with Crippen LogP contribution in [0.3, 0.4) is 0 Å². The van der Waals surface area contributed by atoms with Crippen molar-refractivity contribution >= 4 is 25.7 Å². The van der Waals surface area contributed by atoms with Crippen molar-refractivity contribution in [2.75, 3.05) is 19.8 Å². The van der Waals surface area contributed by atoms with Crippen LogP contribution in [0.5, 0.6) is 0 Å². The summed E-state index contributed by atoms with van der Waals surface area (Å²) in [5, 5.41) is 8.91. The number of phosphoric acid groups is 1. The molecule has 0 aliphatic heterocycles. The Bertz CT molecular complexity index is 1240. The molecule has 0 fully saturated rings. The van der Waals surface area contributed by atoms with Crippen LogP contribution in [-0.2, 0) is 37.5 Å². The van der Waals surface area contributed by atoms with Gasteiger partial charge in [-0.2, -0.15) is 0 Å². The Balaban J connectivity index is 4.23. The van der Waals surface area contributed by atoms with Crippen LogP contribution in [0.2, 0.25) is 0 Å². The summed E-state index contributed by atoms with van der Waals surface area (Å²) in [6.45, 7) is 2.69. The van der Waals surface area contributed by atoms with Crippen molar-refractivity contribution in [2.45, 2.75) is 231 Å². The highest BCUT2D eigenvalue weighted by atomic mass is 31.2. The largest absolute Gasteiger partial charge is 0.480 e. The second-order valence-electron chi connectivity index (χ2n) is 16.6. The molecule has 62 heavy (non-hydrogen) atoms. The number of rotatable bonds is 46. The van der Waals surface area contributed by atoms with Gasteiger partial charge in [-0.25, -0.2) is 4.57 Å². The van der Waals surface area contributed by atoms with E-state index in [0.717, 1.165) is 70.6 Å². The Morgan fingerprint density at radius 1 is 0.516 bits per heavy atom. The number of carboxylic acids is 1. The predicted molar refractivity (Wildman–Crippen MR) is 254 cm³/mol. The van der Waals surface area contributed by atoms with Crippen molar-refractivity contribution in [1.82, 2.24) is 0 Å². The van der Waals surface area contributed by atoms with Crippen LogP contribution < -0.4 is 5.73 Å². The zero-order valence-corrected chi connectivity index (χ0v) is 40.1. The van der Waals surface area contributed by atoms with Gasteiger partial charge >= 0.3 is 25.7 Å². The van der Waals surface area contributed by atoms with E-state index >= 15 is 0 Å². The van der Waals surface area contributed by atoms with E-state index in [0.29, 0.717) is 12.8 Å². The number of carboxylic acid groups (broad SMARTS) is 1. The van der Waals surface area contributed by atoms with Gasteiger partial charge in [0.15, 0.2) is 6.10 Å². The number of hydrogen-bond donors (Lipinski definition) is 3. The summed E-state index contributed by atoms with van der Waals surface area (Å²) in [7, 11) is -4.73. The number of nitrogens with two attached hydrogens (primary N) is 1. The van der Waals surface area contributed by atoms with Gasteiger partial charge in [-0.1, -0.05) is 184 Å².